The first-order chi connectivity index (χ1) is 32.7. The molecule has 0 amide bonds. The van der Waals surface area contributed by atoms with Gasteiger partial charge in [0.05, 0.1) is 5.69 Å². The first kappa shape index (κ1) is 38.9. The van der Waals surface area contributed by atoms with Gasteiger partial charge in [-0.1, -0.05) is 158 Å². The average Bonchev–Trinajstić information content (AvgIpc) is 3.78. The summed E-state index contributed by atoms with van der Waals surface area (Å²) < 4.78 is 24.0. The second kappa shape index (κ2) is 16.4. The molecule has 3 nitrogen and oxygen atoms in total. The van der Waals surface area contributed by atoms with Gasteiger partial charge >= 0.3 is 0 Å². The van der Waals surface area contributed by atoms with Crippen molar-refractivity contribution in [2.24, 2.45) is 0 Å². The highest BCUT2D eigenvalue weighted by atomic mass is 19.1. The Morgan fingerprint density at radius 2 is 0.788 bits per heavy atom. The molecule has 0 atom stereocenters. The second-order valence-electron chi connectivity index (χ2n) is 16.6. The maximum atomic E-state index is 17.0. The van der Waals surface area contributed by atoms with Gasteiger partial charge in [0, 0.05) is 50.2 Å². The summed E-state index contributed by atoms with van der Waals surface area (Å²) in [5, 5.41) is 6.70. The Balaban J connectivity index is 0.964. The molecular formula is C62H41FN2O. The Labute approximate surface area is 382 Å². The Kier molecular flexibility index (Phi) is 9.69. The number of nitrogens with zero attached hydrogens (tertiary/aromatic N) is 2. The molecule has 12 aromatic rings. The van der Waals surface area contributed by atoms with Crippen molar-refractivity contribution in [2.45, 2.75) is 0 Å². The van der Waals surface area contributed by atoms with Gasteiger partial charge in [0.15, 0.2) is 0 Å². The smallest absolute Gasteiger partial charge is 0.148 e. The normalized spacial score (nSPS) is 11.4. The van der Waals surface area contributed by atoms with E-state index in [2.05, 4.69) is 157 Å². The quantitative estimate of drug-likeness (QED) is 0.135. The Morgan fingerprint density at radius 1 is 0.303 bits per heavy atom. The van der Waals surface area contributed by atoms with Crippen molar-refractivity contribution in [3.8, 4) is 33.4 Å². The number of halogens is 1. The highest BCUT2D eigenvalue weighted by molar-refractivity contribution is 6.30. The van der Waals surface area contributed by atoms with Gasteiger partial charge in [-0.05, 0) is 135 Å². The number of furan rings is 1. The van der Waals surface area contributed by atoms with Crippen molar-refractivity contribution in [3.63, 3.8) is 0 Å². The van der Waals surface area contributed by atoms with E-state index in [1.54, 1.807) is 6.07 Å². The Hall–Kier alpha value is -8.73. The topological polar surface area (TPSA) is 19.6 Å². The molecule has 11 aromatic carbocycles. The summed E-state index contributed by atoms with van der Waals surface area (Å²) >= 11 is 0. The van der Waals surface area contributed by atoms with Crippen LogP contribution in [0.4, 0.5) is 38.5 Å². The summed E-state index contributed by atoms with van der Waals surface area (Å²) in [5.41, 5.74) is 12.7. The molecule has 0 saturated heterocycles. The van der Waals surface area contributed by atoms with Crippen molar-refractivity contribution in [2.75, 3.05) is 9.80 Å². The molecule has 0 saturated carbocycles. The summed E-state index contributed by atoms with van der Waals surface area (Å²) in [6, 6.07) is 85.1. The minimum atomic E-state index is -0.306. The molecule has 0 bridgehead atoms. The highest BCUT2D eigenvalue weighted by Crippen LogP contribution is 2.47. The third kappa shape index (κ3) is 6.84. The van der Waals surface area contributed by atoms with Crippen molar-refractivity contribution >= 4 is 77.6 Å². The average molecular weight is 849 g/mol. The number of hydrogen-bond donors (Lipinski definition) is 0. The molecule has 0 N–H and O–H groups in total. The van der Waals surface area contributed by atoms with E-state index in [1.807, 2.05) is 95.9 Å². The van der Waals surface area contributed by atoms with Crippen molar-refractivity contribution in [1.29, 1.82) is 0 Å². The number of para-hydroxylation sites is 3. The van der Waals surface area contributed by atoms with Crippen LogP contribution in [0.5, 0.6) is 0 Å². The second-order valence-corrected chi connectivity index (χ2v) is 16.6. The van der Waals surface area contributed by atoms with E-state index in [0.29, 0.717) is 5.69 Å². The predicted octanol–water partition coefficient (Wildman–Crippen LogP) is 18.0. The van der Waals surface area contributed by atoms with Gasteiger partial charge in [0.2, 0.25) is 0 Å². The van der Waals surface area contributed by atoms with Crippen LogP contribution in [0.25, 0.3) is 76.9 Å². The van der Waals surface area contributed by atoms with Crippen LogP contribution in [0.3, 0.4) is 0 Å². The van der Waals surface area contributed by atoms with Gasteiger partial charge in [-0.2, -0.15) is 0 Å². The van der Waals surface area contributed by atoms with E-state index in [0.717, 1.165) is 99.9 Å². The van der Waals surface area contributed by atoms with Crippen molar-refractivity contribution < 1.29 is 8.81 Å². The maximum Gasteiger partial charge on any atom is 0.148 e. The number of fused-ring (bicyclic) bond motifs is 8. The number of rotatable bonds is 9. The molecule has 0 spiro atoms. The Morgan fingerprint density at radius 3 is 1.42 bits per heavy atom. The molecule has 0 aliphatic carbocycles. The predicted molar refractivity (Wildman–Crippen MR) is 274 cm³/mol. The standard InChI is InChI=1S/C62H41FN2O/c63-58-39-46(42-18-6-1-7-19-42)38-56(44-20-8-2-9-21-44)61(58)65(49-26-14-5-15-27-49)50-33-30-43(31-34-50)45-32-36-55-59(40-45)66-62-54-37-35-51(41-57(54)52-28-16-17-29-53(52)60(55)62)64(47-22-10-3-11-23-47)48-24-12-4-13-25-48/h1-41H. The first-order valence-electron chi connectivity index (χ1n) is 22.3. The van der Waals surface area contributed by atoms with E-state index in [1.165, 1.54) is 5.39 Å². The molecule has 0 fully saturated rings. The van der Waals surface area contributed by atoms with Crippen molar-refractivity contribution in [1.82, 2.24) is 0 Å². The lowest BCUT2D eigenvalue weighted by atomic mass is 9.95. The SMILES string of the molecule is Fc1cc(-c2ccccc2)cc(-c2ccccc2)c1N(c1ccccc1)c1ccc(-c2ccc3c(c2)oc2c4ccc(N(c5ccccc5)c5ccccc5)cc4c4ccccc4c32)cc1. The molecular weight excluding hydrogens is 808 g/mol. The molecule has 4 heteroatoms. The molecule has 1 heterocycles. The largest absolute Gasteiger partial charge is 0.455 e. The fraction of sp³-hybridized carbons (Fsp3) is 0. The first-order valence-corrected chi connectivity index (χ1v) is 22.3. The summed E-state index contributed by atoms with van der Waals surface area (Å²) in [6.07, 6.45) is 0. The van der Waals surface area contributed by atoms with Crippen LogP contribution in [0, 0.1) is 5.82 Å². The molecule has 66 heavy (non-hydrogen) atoms. The van der Waals surface area contributed by atoms with Gasteiger partial charge in [0.1, 0.15) is 17.0 Å². The molecule has 0 radical (unpaired) electrons. The van der Waals surface area contributed by atoms with Crippen molar-refractivity contribution in [3.05, 3.63) is 255 Å². The van der Waals surface area contributed by atoms with Crippen LogP contribution >= 0.6 is 0 Å². The van der Waals surface area contributed by atoms with E-state index >= 15 is 4.39 Å². The zero-order valence-corrected chi connectivity index (χ0v) is 35.9. The van der Waals surface area contributed by atoms with Gasteiger partial charge in [-0.15, -0.1) is 0 Å². The van der Waals surface area contributed by atoms with E-state index in [-0.39, 0.29) is 5.82 Å². The minimum absolute atomic E-state index is 0.306. The van der Waals surface area contributed by atoms with E-state index < -0.39 is 0 Å². The highest BCUT2D eigenvalue weighted by Gasteiger charge is 2.24. The zero-order valence-electron chi connectivity index (χ0n) is 35.9. The molecule has 0 aliphatic rings. The van der Waals surface area contributed by atoms with Crippen LogP contribution in [-0.4, -0.2) is 0 Å². The molecule has 12 rings (SSSR count). The summed E-state index contributed by atoms with van der Waals surface area (Å²) in [4.78, 5) is 4.33. The molecule has 312 valence electrons. The van der Waals surface area contributed by atoms with Crippen LogP contribution in [0.2, 0.25) is 0 Å². The molecule has 0 aliphatic heterocycles. The molecule has 0 unspecified atom stereocenters. The summed E-state index contributed by atoms with van der Waals surface area (Å²) in [7, 11) is 0. The van der Waals surface area contributed by atoms with Gasteiger partial charge in [-0.25, -0.2) is 4.39 Å². The molecule has 1 aromatic heterocycles. The lowest BCUT2D eigenvalue weighted by Crippen LogP contribution is -2.13. The third-order valence-electron chi connectivity index (χ3n) is 12.7. The zero-order chi connectivity index (χ0) is 44.0. The van der Waals surface area contributed by atoms with Crippen LogP contribution in [-0.2, 0) is 0 Å². The maximum absolute atomic E-state index is 17.0. The number of anilines is 6. The van der Waals surface area contributed by atoms with Crippen LogP contribution < -0.4 is 9.80 Å². The van der Waals surface area contributed by atoms with Gasteiger partial charge < -0.3 is 14.2 Å². The van der Waals surface area contributed by atoms with Crippen LogP contribution in [0.15, 0.2) is 253 Å². The number of benzene rings is 11. The van der Waals surface area contributed by atoms with Gasteiger partial charge in [-0.3, -0.25) is 0 Å². The monoisotopic (exact) mass is 848 g/mol. The Bertz CT molecular complexity index is 3650. The lowest BCUT2D eigenvalue weighted by molar-refractivity contribution is 0.630. The van der Waals surface area contributed by atoms with Gasteiger partial charge in [0.25, 0.3) is 0 Å². The fourth-order valence-electron chi connectivity index (χ4n) is 9.61. The minimum Gasteiger partial charge on any atom is -0.455 e. The number of hydrogen-bond acceptors (Lipinski definition) is 3. The van der Waals surface area contributed by atoms with Crippen LogP contribution in [0.1, 0.15) is 0 Å². The summed E-state index contributed by atoms with van der Waals surface area (Å²) in [6.45, 7) is 0. The lowest BCUT2D eigenvalue weighted by Gasteiger charge is -2.29. The fourth-order valence-corrected chi connectivity index (χ4v) is 9.61. The van der Waals surface area contributed by atoms with E-state index in [9.17, 15) is 0 Å². The van der Waals surface area contributed by atoms with E-state index in [4.69, 9.17) is 4.42 Å². The summed E-state index contributed by atoms with van der Waals surface area (Å²) in [5.74, 6) is -0.306. The third-order valence-corrected chi connectivity index (χ3v) is 12.7.